The molecule has 0 saturated carbocycles. The highest BCUT2D eigenvalue weighted by molar-refractivity contribution is 6.31. The Morgan fingerprint density at radius 3 is 2.56 bits per heavy atom. The Morgan fingerprint density at radius 2 is 1.83 bits per heavy atom. The first-order chi connectivity index (χ1) is 8.62. The predicted octanol–water partition coefficient (Wildman–Crippen LogP) is 3.51. The van der Waals surface area contributed by atoms with E-state index in [0.29, 0.717) is 16.3 Å². The molecule has 18 heavy (non-hydrogen) atoms. The number of nitrogens with one attached hydrogen (secondary N) is 1. The minimum atomic E-state index is -2.17. The van der Waals surface area contributed by atoms with Crippen molar-refractivity contribution >= 4 is 23.2 Å². The van der Waals surface area contributed by atoms with E-state index in [0.717, 1.165) is 0 Å². The molecule has 90 valence electrons. The number of benzene rings is 2. The molecule has 1 aliphatic rings. The van der Waals surface area contributed by atoms with Crippen molar-refractivity contribution in [1.82, 2.24) is 0 Å². The fraction of sp³-hybridized carbons (Fsp3) is 0.0714. The van der Waals surface area contributed by atoms with E-state index in [1.54, 1.807) is 42.5 Å². The van der Waals surface area contributed by atoms with Gasteiger partial charge in [-0.25, -0.2) is 4.39 Å². The minimum absolute atomic E-state index is 0.270. The molecule has 1 amide bonds. The molecule has 1 aliphatic heterocycles. The molecule has 0 saturated heterocycles. The Bertz CT molecular complexity index is 629. The highest BCUT2D eigenvalue weighted by Gasteiger charge is 2.49. The third-order valence-electron chi connectivity index (χ3n) is 3.09. The van der Waals surface area contributed by atoms with Gasteiger partial charge in [-0.2, -0.15) is 0 Å². The number of hydrogen-bond acceptors (Lipinski definition) is 1. The van der Waals surface area contributed by atoms with E-state index < -0.39 is 11.6 Å². The predicted molar refractivity (Wildman–Crippen MR) is 68.4 cm³/mol. The zero-order valence-electron chi connectivity index (χ0n) is 9.28. The minimum Gasteiger partial charge on any atom is -0.322 e. The number of amides is 1. The third kappa shape index (κ3) is 1.44. The highest BCUT2D eigenvalue weighted by Crippen LogP contribution is 2.44. The Hall–Kier alpha value is -1.87. The molecular weight excluding hydrogens is 253 g/mol. The van der Waals surface area contributed by atoms with Crippen LogP contribution in [0.3, 0.4) is 0 Å². The maximum atomic E-state index is 15.1. The average molecular weight is 262 g/mol. The van der Waals surface area contributed by atoms with Crippen LogP contribution in [-0.4, -0.2) is 5.91 Å². The summed E-state index contributed by atoms with van der Waals surface area (Å²) in [6.07, 6.45) is 0. The van der Waals surface area contributed by atoms with Crippen LogP contribution in [0.1, 0.15) is 11.1 Å². The summed E-state index contributed by atoms with van der Waals surface area (Å²) in [6, 6.07) is 13.1. The van der Waals surface area contributed by atoms with E-state index in [-0.39, 0.29) is 5.56 Å². The molecule has 0 fully saturated rings. The van der Waals surface area contributed by atoms with Crippen molar-refractivity contribution < 1.29 is 9.18 Å². The summed E-state index contributed by atoms with van der Waals surface area (Å²) in [5.74, 6) is -0.675. The van der Waals surface area contributed by atoms with E-state index in [4.69, 9.17) is 11.6 Å². The van der Waals surface area contributed by atoms with Crippen molar-refractivity contribution in [2.45, 2.75) is 5.67 Å². The molecule has 2 aromatic rings. The summed E-state index contributed by atoms with van der Waals surface area (Å²) in [5.41, 5.74) is -1.12. The van der Waals surface area contributed by atoms with Gasteiger partial charge in [-0.15, -0.1) is 0 Å². The summed E-state index contributed by atoms with van der Waals surface area (Å²) < 4.78 is 15.1. The van der Waals surface area contributed by atoms with Gasteiger partial charge in [0.25, 0.3) is 5.91 Å². The summed E-state index contributed by atoms with van der Waals surface area (Å²) in [6.45, 7) is 0. The molecule has 0 aromatic heterocycles. The molecule has 0 aliphatic carbocycles. The first-order valence-corrected chi connectivity index (χ1v) is 5.86. The number of fused-ring (bicyclic) bond motifs is 1. The fourth-order valence-electron chi connectivity index (χ4n) is 2.20. The molecule has 0 unspecified atom stereocenters. The van der Waals surface area contributed by atoms with Gasteiger partial charge < -0.3 is 5.32 Å². The molecule has 1 heterocycles. The lowest BCUT2D eigenvalue weighted by molar-refractivity contribution is -0.124. The van der Waals surface area contributed by atoms with Gasteiger partial charge in [-0.3, -0.25) is 4.79 Å². The fourth-order valence-corrected chi connectivity index (χ4v) is 2.37. The monoisotopic (exact) mass is 261 g/mol. The van der Waals surface area contributed by atoms with Gasteiger partial charge in [0.05, 0.1) is 0 Å². The molecule has 0 bridgehead atoms. The Balaban J connectivity index is 2.25. The van der Waals surface area contributed by atoms with Gasteiger partial charge in [0.2, 0.25) is 5.67 Å². The topological polar surface area (TPSA) is 29.1 Å². The number of carbonyl (C=O) groups is 1. The Kier molecular flexibility index (Phi) is 2.38. The molecule has 3 rings (SSSR count). The molecule has 2 nitrogen and oxygen atoms in total. The molecular formula is C14H9ClFNO. The average Bonchev–Trinajstić information content (AvgIpc) is 2.64. The second kappa shape index (κ2) is 3.82. The number of anilines is 1. The van der Waals surface area contributed by atoms with E-state index in [1.807, 2.05) is 0 Å². The van der Waals surface area contributed by atoms with Crippen LogP contribution in [0.5, 0.6) is 0 Å². The zero-order valence-corrected chi connectivity index (χ0v) is 10.0. The largest absolute Gasteiger partial charge is 0.322 e. The molecule has 0 spiro atoms. The van der Waals surface area contributed by atoms with Crippen LogP contribution in [0.4, 0.5) is 10.1 Å². The lowest BCUT2D eigenvalue weighted by atomic mass is 9.89. The first kappa shape index (κ1) is 11.2. The zero-order chi connectivity index (χ0) is 12.8. The summed E-state index contributed by atoms with van der Waals surface area (Å²) >= 11 is 5.88. The van der Waals surface area contributed by atoms with Crippen LogP contribution in [0.2, 0.25) is 5.02 Å². The van der Waals surface area contributed by atoms with Crippen LogP contribution >= 0.6 is 11.6 Å². The lowest BCUT2D eigenvalue weighted by Gasteiger charge is -2.18. The van der Waals surface area contributed by atoms with E-state index in [9.17, 15) is 4.79 Å². The van der Waals surface area contributed by atoms with Crippen LogP contribution in [0.25, 0.3) is 0 Å². The summed E-state index contributed by atoms with van der Waals surface area (Å²) in [5, 5.41) is 2.95. The number of hydrogen-bond donors (Lipinski definition) is 1. The highest BCUT2D eigenvalue weighted by atomic mass is 35.5. The third-order valence-corrected chi connectivity index (χ3v) is 3.32. The van der Waals surface area contributed by atoms with Gasteiger partial charge in [0.1, 0.15) is 0 Å². The molecule has 1 atom stereocenters. The number of halogens is 2. The number of carbonyl (C=O) groups excluding carboxylic acids is 1. The molecule has 4 heteroatoms. The summed E-state index contributed by atoms with van der Waals surface area (Å²) in [4.78, 5) is 11.9. The van der Waals surface area contributed by atoms with Crippen LogP contribution in [0.15, 0.2) is 48.5 Å². The molecule has 1 N–H and O–H groups in total. The first-order valence-electron chi connectivity index (χ1n) is 5.48. The van der Waals surface area contributed by atoms with Crippen molar-refractivity contribution in [3.8, 4) is 0 Å². The van der Waals surface area contributed by atoms with Gasteiger partial charge in [-0.05, 0) is 18.2 Å². The van der Waals surface area contributed by atoms with Crippen molar-refractivity contribution in [2.75, 3.05) is 5.32 Å². The van der Waals surface area contributed by atoms with E-state index >= 15 is 4.39 Å². The molecule has 0 radical (unpaired) electrons. The maximum absolute atomic E-state index is 15.1. The maximum Gasteiger partial charge on any atom is 0.271 e. The SMILES string of the molecule is O=C1Nc2ccc(Cl)cc2[C@@]1(F)c1ccccc1. The molecule has 2 aromatic carbocycles. The standard InChI is InChI=1S/C14H9ClFNO/c15-10-6-7-12-11(8-10)14(16,13(18)17-12)9-4-2-1-3-5-9/h1-8H,(H,17,18)/t14-/m0/s1. The van der Waals surface area contributed by atoms with Crippen LogP contribution in [0, 0.1) is 0 Å². The smallest absolute Gasteiger partial charge is 0.271 e. The van der Waals surface area contributed by atoms with Crippen LogP contribution in [-0.2, 0) is 10.5 Å². The second-order valence-corrected chi connectivity index (χ2v) is 4.60. The van der Waals surface area contributed by atoms with Gasteiger partial charge in [0, 0.05) is 21.8 Å². The quantitative estimate of drug-likeness (QED) is 0.836. The van der Waals surface area contributed by atoms with Crippen molar-refractivity contribution in [3.05, 3.63) is 64.7 Å². The Morgan fingerprint density at radius 1 is 1.11 bits per heavy atom. The second-order valence-electron chi connectivity index (χ2n) is 4.17. The van der Waals surface area contributed by atoms with Crippen molar-refractivity contribution in [2.24, 2.45) is 0 Å². The normalized spacial score (nSPS) is 21.6. The van der Waals surface area contributed by atoms with Gasteiger partial charge >= 0.3 is 0 Å². The number of rotatable bonds is 1. The van der Waals surface area contributed by atoms with Crippen LogP contribution < -0.4 is 5.32 Å². The van der Waals surface area contributed by atoms with E-state index in [1.165, 1.54) is 6.07 Å². The van der Waals surface area contributed by atoms with Gasteiger partial charge in [0.15, 0.2) is 0 Å². The van der Waals surface area contributed by atoms with Crippen molar-refractivity contribution in [1.29, 1.82) is 0 Å². The van der Waals surface area contributed by atoms with E-state index in [2.05, 4.69) is 5.32 Å². The number of alkyl halides is 1. The lowest BCUT2D eigenvalue weighted by Crippen LogP contribution is -2.30. The summed E-state index contributed by atoms with van der Waals surface area (Å²) in [7, 11) is 0. The van der Waals surface area contributed by atoms with Gasteiger partial charge in [-0.1, -0.05) is 41.9 Å². The Labute approximate surface area is 108 Å². The van der Waals surface area contributed by atoms with Crippen molar-refractivity contribution in [3.63, 3.8) is 0 Å².